The zero-order valence-electron chi connectivity index (χ0n) is 8.07. The molecule has 0 bridgehead atoms. The van der Waals surface area contributed by atoms with E-state index < -0.39 is 0 Å². The number of carbonyl (C=O) groups excluding carboxylic acids is 2. The Morgan fingerprint density at radius 3 is 2.07 bits per heavy atom. The van der Waals surface area contributed by atoms with Gasteiger partial charge in [0.25, 0.3) is 11.8 Å². The Bertz CT molecular complexity index is 382. The molecule has 1 aromatic rings. The number of benzene rings is 1. The second-order valence-corrected chi connectivity index (χ2v) is 4.14. The summed E-state index contributed by atoms with van der Waals surface area (Å²) in [6.07, 6.45) is 0.783. The number of alkyl halides is 1. The summed E-state index contributed by atoms with van der Waals surface area (Å²) in [5.74, 6) is -0.340. The van der Waals surface area contributed by atoms with Gasteiger partial charge in [0.1, 0.15) is 0 Å². The Balaban J connectivity index is 2.29. The van der Waals surface area contributed by atoms with Crippen molar-refractivity contribution < 1.29 is 9.59 Å². The average Bonchev–Trinajstić information content (AvgIpc) is 2.51. The van der Waals surface area contributed by atoms with Crippen LogP contribution in [0.15, 0.2) is 24.3 Å². The highest BCUT2D eigenvalue weighted by Gasteiger charge is 2.34. The molecule has 0 N–H and O–H groups in total. The van der Waals surface area contributed by atoms with E-state index >= 15 is 0 Å². The van der Waals surface area contributed by atoms with Crippen LogP contribution >= 0.6 is 15.9 Å². The molecule has 0 aliphatic carbocycles. The zero-order valence-corrected chi connectivity index (χ0v) is 9.66. The van der Waals surface area contributed by atoms with E-state index in [4.69, 9.17) is 0 Å². The molecule has 0 spiro atoms. The van der Waals surface area contributed by atoms with Crippen LogP contribution < -0.4 is 0 Å². The summed E-state index contributed by atoms with van der Waals surface area (Å²) in [5, 5.41) is 0.792. The van der Waals surface area contributed by atoms with E-state index in [1.165, 1.54) is 4.90 Å². The molecule has 0 aromatic heterocycles. The van der Waals surface area contributed by atoms with E-state index in [0.717, 1.165) is 11.8 Å². The quantitative estimate of drug-likeness (QED) is 0.478. The summed E-state index contributed by atoms with van der Waals surface area (Å²) in [5.41, 5.74) is 1.05. The molecule has 2 amide bonds. The van der Waals surface area contributed by atoms with Crippen LogP contribution in [0.2, 0.25) is 0 Å². The van der Waals surface area contributed by atoms with Gasteiger partial charge in [0.05, 0.1) is 11.1 Å². The van der Waals surface area contributed by atoms with Crippen molar-refractivity contribution in [2.75, 3.05) is 11.9 Å². The standard InChI is InChI=1S/C11H10BrNO2/c12-6-3-7-13-10(14)8-4-1-2-5-9(8)11(13)15/h1-2,4-5H,3,6-7H2/i13+1. The molecule has 0 saturated carbocycles. The fraction of sp³-hybridized carbons (Fsp3) is 0.273. The maximum Gasteiger partial charge on any atom is 0.261 e. The smallest absolute Gasteiger partial charge is 0.261 e. The molecule has 15 heavy (non-hydrogen) atoms. The van der Waals surface area contributed by atoms with E-state index in [-0.39, 0.29) is 11.8 Å². The highest BCUT2D eigenvalue weighted by Crippen LogP contribution is 2.22. The third kappa shape index (κ3) is 1.69. The summed E-state index contributed by atoms with van der Waals surface area (Å²) in [7, 11) is 0. The minimum absolute atomic E-state index is 0.170. The number of imide groups is 1. The van der Waals surface area contributed by atoms with E-state index in [2.05, 4.69) is 15.9 Å². The summed E-state index contributed by atoms with van der Waals surface area (Å²) >= 11 is 3.28. The second kappa shape index (κ2) is 4.14. The zero-order chi connectivity index (χ0) is 10.8. The molecule has 2 rings (SSSR count). The van der Waals surface area contributed by atoms with Crippen LogP contribution in [0.25, 0.3) is 0 Å². The van der Waals surface area contributed by atoms with Gasteiger partial charge in [0.2, 0.25) is 0 Å². The van der Waals surface area contributed by atoms with Crippen molar-refractivity contribution in [2.24, 2.45) is 0 Å². The lowest BCUT2D eigenvalue weighted by atomic mass is 10.1. The average molecular weight is 269 g/mol. The van der Waals surface area contributed by atoms with Gasteiger partial charge >= 0.3 is 0 Å². The van der Waals surface area contributed by atoms with Crippen LogP contribution in [0.1, 0.15) is 27.1 Å². The lowest BCUT2D eigenvalue weighted by molar-refractivity contribution is 0.0655. The van der Waals surface area contributed by atoms with E-state index in [1.807, 2.05) is 0 Å². The van der Waals surface area contributed by atoms with Gasteiger partial charge in [-0.15, -0.1) is 0 Å². The lowest BCUT2D eigenvalue weighted by Crippen LogP contribution is -2.30. The first-order chi connectivity index (χ1) is 7.25. The van der Waals surface area contributed by atoms with Crippen molar-refractivity contribution >= 4 is 27.7 Å². The van der Waals surface area contributed by atoms with E-state index in [1.54, 1.807) is 24.3 Å². The van der Waals surface area contributed by atoms with Crippen LogP contribution in [0.3, 0.4) is 0 Å². The van der Waals surface area contributed by atoms with Crippen molar-refractivity contribution in [1.82, 2.24) is 4.90 Å². The first-order valence-corrected chi connectivity index (χ1v) is 5.89. The predicted molar refractivity (Wildman–Crippen MR) is 60.2 cm³/mol. The molecule has 1 aliphatic heterocycles. The third-order valence-electron chi connectivity index (χ3n) is 2.39. The Morgan fingerprint density at radius 1 is 1.07 bits per heavy atom. The van der Waals surface area contributed by atoms with Crippen molar-refractivity contribution in [1.29, 1.82) is 0 Å². The Kier molecular flexibility index (Phi) is 2.86. The summed E-state index contributed by atoms with van der Waals surface area (Å²) in [6, 6.07) is 6.95. The molecule has 0 saturated heterocycles. The van der Waals surface area contributed by atoms with Crippen molar-refractivity contribution in [2.45, 2.75) is 6.42 Å². The van der Waals surface area contributed by atoms with Gasteiger partial charge in [-0.2, -0.15) is 0 Å². The van der Waals surface area contributed by atoms with Gasteiger partial charge in [-0.25, -0.2) is 0 Å². The number of nitrogens with zero attached hydrogens (tertiary/aromatic N) is 1. The van der Waals surface area contributed by atoms with E-state index in [9.17, 15) is 9.59 Å². The molecule has 1 aromatic carbocycles. The van der Waals surface area contributed by atoms with Gasteiger partial charge in [-0.05, 0) is 18.6 Å². The fourth-order valence-corrected chi connectivity index (χ4v) is 1.91. The number of hydrogen-bond acceptors (Lipinski definition) is 2. The highest BCUT2D eigenvalue weighted by atomic mass is 79.9. The summed E-state index contributed by atoms with van der Waals surface area (Å²) in [4.78, 5) is 24.9. The number of hydrogen-bond donors (Lipinski definition) is 0. The number of carbonyl (C=O) groups is 2. The molecule has 0 unspecified atom stereocenters. The number of rotatable bonds is 3. The van der Waals surface area contributed by atoms with Gasteiger partial charge in [0, 0.05) is 11.9 Å². The molecule has 1 aliphatic rings. The normalized spacial score (nSPS) is 14.6. The topological polar surface area (TPSA) is 37.4 Å². The van der Waals surface area contributed by atoms with Crippen LogP contribution in [-0.2, 0) is 0 Å². The van der Waals surface area contributed by atoms with Crippen LogP contribution in [-0.4, -0.2) is 28.6 Å². The number of fused-ring (bicyclic) bond motifs is 1. The molecule has 3 nitrogen and oxygen atoms in total. The largest absolute Gasteiger partial charge is 0.274 e. The van der Waals surface area contributed by atoms with Gasteiger partial charge in [-0.3, -0.25) is 14.5 Å². The third-order valence-corrected chi connectivity index (χ3v) is 2.95. The predicted octanol–water partition coefficient (Wildman–Crippen LogP) is 2.07. The molecule has 0 radical (unpaired) electrons. The highest BCUT2D eigenvalue weighted by molar-refractivity contribution is 9.09. The number of halogens is 1. The van der Waals surface area contributed by atoms with Crippen molar-refractivity contribution in [3.8, 4) is 0 Å². The van der Waals surface area contributed by atoms with Gasteiger partial charge in [-0.1, -0.05) is 28.1 Å². The Labute approximate surface area is 96.2 Å². The first kappa shape index (κ1) is 10.4. The van der Waals surface area contributed by atoms with Gasteiger partial charge < -0.3 is 0 Å². The van der Waals surface area contributed by atoms with E-state index in [0.29, 0.717) is 17.7 Å². The first-order valence-electron chi connectivity index (χ1n) is 4.77. The second-order valence-electron chi connectivity index (χ2n) is 3.35. The minimum atomic E-state index is -0.170. The van der Waals surface area contributed by atoms with Crippen LogP contribution in [0.4, 0.5) is 0 Å². The molecular weight excluding hydrogens is 259 g/mol. The fourth-order valence-electron chi connectivity index (χ4n) is 1.66. The summed E-state index contributed by atoms with van der Waals surface area (Å²) in [6.45, 7) is 0.484. The molecule has 4 heteroatoms. The van der Waals surface area contributed by atoms with Gasteiger partial charge in [0.15, 0.2) is 0 Å². The monoisotopic (exact) mass is 268 g/mol. The molecule has 78 valence electrons. The molecule has 0 fully saturated rings. The van der Waals surface area contributed by atoms with Crippen LogP contribution in [0.5, 0.6) is 0 Å². The van der Waals surface area contributed by atoms with Crippen LogP contribution in [0, 0.1) is 0 Å². The van der Waals surface area contributed by atoms with Crippen molar-refractivity contribution in [3.05, 3.63) is 35.4 Å². The molecule has 1 heterocycles. The molecule has 0 atom stereocenters. The SMILES string of the molecule is O=C1c2ccccc2C(=O)[15N]1CCCBr. The maximum atomic E-state index is 11.8. The molecular formula is C11H10BrNO2. The lowest BCUT2D eigenvalue weighted by Gasteiger charge is -2.11. The Hall–Kier alpha value is -1.16. The Morgan fingerprint density at radius 2 is 1.60 bits per heavy atom. The maximum absolute atomic E-state index is 11.8. The summed E-state index contributed by atoms with van der Waals surface area (Å²) < 4.78 is 0. The number of amides is 2. The van der Waals surface area contributed by atoms with Crippen molar-refractivity contribution in [3.63, 3.8) is 0 Å². The minimum Gasteiger partial charge on any atom is -0.274 e.